The van der Waals surface area contributed by atoms with E-state index in [2.05, 4.69) is 10.3 Å². The van der Waals surface area contributed by atoms with Gasteiger partial charge in [-0.2, -0.15) is 0 Å². The minimum atomic E-state index is -0.336. The summed E-state index contributed by atoms with van der Waals surface area (Å²) < 4.78 is 15.7. The zero-order valence-electron chi connectivity index (χ0n) is 18.9. The molecule has 1 aliphatic carbocycles. The van der Waals surface area contributed by atoms with Crippen LogP contribution in [0.3, 0.4) is 0 Å². The summed E-state index contributed by atoms with van der Waals surface area (Å²) in [6.07, 6.45) is 2.12. The molecule has 0 radical (unpaired) electrons. The number of amides is 3. The minimum Gasteiger partial charge on any atom is -0.454 e. The molecule has 0 spiro atoms. The Labute approximate surface area is 200 Å². The van der Waals surface area contributed by atoms with Crippen LogP contribution in [0.1, 0.15) is 46.6 Å². The van der Waals surface area contributed by atoms with E-state index in [1.54, 1.807) is 34.9 Å². The second-order valence-corrected chi connectivity index (χ2v) is 9.39. The highest BCUT2D eigenvalue weighted by atomic mass is 32.1. The number of aromatic nitrogens is 1. The molecular formula is C23H26N4O6S. The molecule has 1 fully saturated rings. The van der Waals surface area contributed by atoms with Crippen molar-refractivity contribution in [1.29, 1.82) is 0 Å². The van der Waals surface area contributed by atoms with Crippen LogP contribution in [0.4, 0.5) is 9.93 Å². The molecule has 1 N–H and O–H groups in total. The Hall–Kier alpha value is -3.34. The highest BCUT2D eigenvalue weighted by Crippen LogP contribution is 2.38. The van der Waals surface area contributed by atoms with Crippen LogP contribution in [0, 0.1) is 0 Å². The highest BCUT2D eigenvalue weighted by Gasteiger charge is 2.35. The number of anilines is 1. The largest absolute Gasteiger partial charge is 0.454 e. The number of carbonyl (C=O) groups excluding carboxylic acids is 3. The Morgan fingerprint density at radius 3 is 2.71 bits per heavy atom. The van der Waals surface area contributed by atoms with Crippen LogP contribution in [-0.4, -0.2) is 72.3 Å². The second kappa shape index (κ2) is 9.49. The summed E-state index contributed by atoms with van der Waals surface area (Å²) in [4.78, 5) is 47.1. The van der Waals surface area contributed by atoms with Crippen molar-refractivity contribution in [2.45, 2.75) is 32.1 Å². The molecule has 3 heterocycles. The number of fused-ring (bicyclic) bond motifs is 2. The van der Waals surface area contributed by atoms with Crippen LogP contribution in [0.25, 0.3) is 0 Å². The van der Waals surface area contributed by atoms with E-state index < -0.39 is 0 Å². The van der Waals surface area contributed by atoms with Crippen molar-refractivity contribution in [3.05, 3.63) is 34.3 Å². The third-order valence-electron chi connectivity index (χ3n) is 6.22. The van der Waals surface area contributed by atoms with Crippen LogP contribution < -0.4 is 14.8 Å². The quantitative estimate of drug-likeness (QED) is 0.708. The number of hydrogen-bond acceptors (Lipinski definition) is 8. The number of nitrogens with zero attached hydrogens (tertiary/aromatic N) is 3. The van der Waals surface area contributed by atoms with Gasteiger partial charge in [-0.25, -0.2) is 9.78 Å². The van der Waals surface area contributed by atoms with E-state index in [1.165, 1.54) is 11.3 Å². The molecule has 0 unspecified atom stereocenters. The molecule has 180 valence electrons. The van der Waals surface area contributed by atoms with Gasteiger partial charge in [0.2, 0.25) is 12.7 Å². The number of ether oxygens (including phenoxy) is 3. The Kier molecular flexibility index (Phi) is 6.27. The summed E-state index contributed by atoms with van der Waals surface area (Å²) in [6.45, 7) is 4.11. The van der Waals surface area contributed by atoms with Crippen LogP contribution in [0.15, 0.2) is 18.2 Å². The minimum absolute atomic E-state index is 0.0309. The van der Waals surface area contributed by atoms with Gasteiger partial charge in [0.25, 0.3) is 5.91 Å². The van der Waals surface area contributed by atoms with Gasteiger partial charge in [-0.15, -0.1) is 11.3 Å². The lowest BCUT2D eigenvalue weighted by atomic mass is 9.89. The van der Waals surface area contributed by atoms with Crippen molar-refractivity contribution < 1.29 is 28.6 Å². The van der Waals surface area contributed by atoms with Gasteiger partial charge in [-0.3, -0.25) is 14.9 Å². The molecular weight excluding hydrogens is 460 g/mol. The Morgan fingerprint density at radius 1 is 1.15 bits per heavy atom. The van der Waals surface area contributed by atoms with Gasteiger partial charge in [0, 0.05) is 36.6 Å². The van der Waals surface area contributed by atoms with E-state index in [1.807, 2.05) is 0 Å². The summed E-state index contributed by atoms with van der Waals surface area (Å²) in [7, 11) is 0. The molecule has 3 aliphatic rings. The topological polar surface area (TPSA) is 110 Å². The summed E-state index contributed by atoms with van der Waals surface area (Å²) in [6, 6.07) is 5.03. The number of benzene rings is 1. The molecule has 5 rings (SSSR count). The van der Waals surface area contributed by atoms with Gasteiger partial charge in [0.05, 0.1) is 18.2 Å². The van der Waals surface area contributed by atoms with Gasteiger partial charge >= 0.3 is 6.09 Å². The third-order valence-corrected chi connectivity index (χ3v) is 7.27. The number of thiazole rings is 1. The summed E-state index contributed by atoms with van der Waals surface area (Å²) >= 11 is 1.42. The lowest BCUT2D eigenvalue weighted by Crippen LogP contribution is -2.52. The molecule has 10 nitrogen and oxygen atoms in total. The van der Waals surface area contributed by atoms with Crippen molar-refractivity contribution in [2.24, 2.45) is 0 Å². The third kappa shape index (κ3) is 4.39. The van der Waals surface area contributed by atoms with Gasteiger partial charge in [-0.1, -0.05) is 0 Å². The van der Waals surface area contributed by atoms with Crippen LogP contribution in [0.5, 0.6) is 11.5 Å². The van der Waals surface area contributed by atoms with Crippen LogP contribution in [0.2, 0.25) is 0 Å². The monoisotopic (exact) mass is 486 g/mol. The van der Waals surface area contributed by atoms with E-state index in [-0.39, 0.29) is 30.6 Å². The molecule has 1 aromatic heterocycles. The van der Waals surface area contributed by atoms with Gasteiger partial charge < -0.3 is 24.0 Å². The first-order valence-electron chi connectivity index (χ1n) is 11.4. The second-order valence-electron chi connectivity index (χ2n) is 8.31. The van der Waals surface area contributed by atoms with Crippen molar-refractivity contribution in [3.63, 3.8) is 0 Å². The van der Waals surface area contributed by atoms with Crippen LogP contribution in [-0.2, 0) is 16.0 Å². The Bertz CT molecular complexity index is 1110. The average Bonchev–Trinajstić information content (AvgIpc) is 3.49. The highest BCUT2D eigenvalue weighted by molar-refractivity contribution is 7.16. The fraction of sp³-hybridized carbons (Fsp3) is 0.478. The maximum Gasteiger partial charge on any atom is 0.409 e. The molecule has 1 saturated heterocycles. The SMILES string of the molecule is CCOC(=O)N1CCN(C(=O)[C@@H]2CCCc3sc(NC(=O)c4ccc5c(c4)OCO5)nc32)CC1. The number of piperazine rings is 1. The van der Waals surface area contributed by atoms with Crippen LogP contribution >= 0.6 is 11.3 Å². The fourth-order valence-corrected chi connectivity index (χ4v) is 5.52. The van der Waals surface area contributed by atoms with E-state index >= 15 is 0 Å². The zero-order valence-corrected chi connectivity index (χ0v) is 19.7. The van der Waals surface area contributed by atoms with Crippen molar-refractivity contribution in [1.82, 2.24) is 14.8 Å². The van der Waals surface area contributed by atoms with Crippen molar-refractivity contribution in [2.75, 3.05) is 44.9 Å². The molecule has 11 heteroatoms. The summed E-state index contributed by atoms with van der Waals surface area (Å²) in [5, 5.41) is 3.35. The number of rotatable bonds is 4. The molecule has 0 bridgehead atoms. The first kappa shape index (κ1) is 22.5. The molecule has 34 heavy (non-hydrogen) atoms. The maximum absolute atomic E-state index is 13.3. The molecule has 0 saturated carbocycles. The Balaban J connectivity index is 1.25. The number of hydrogen-bond donors (Lipinski definition) is 1. The molecule has 1 atom stereocenters. The number of nitrogens with one attached hydrogen (secondary N) is 1. The van der Waals surface area contributed by atoms with E-state index in [0.717, 1.165) is 29.8 Å². The summed E-state index contributed by atoms with van der Waals surface area (Å²) in [5.41, 5.74) is 1.21. The lowest BCUT2D eigenvalue weighted by Gasteiger charge is -2.36. The first-order valence-corrected chi connectivity index (χ1v) is 12.3. The van der Waals surface area contributed by atoms with Crippen molar-refractivity contribution in [3.8, 4) is 11.5 Å². The predicted octanol–water partition coefficient (Wildman–Crippen LogP) is 2.84. The van der Waals surface area contributed by atoms with Gasteiger partial charge in [-0.05, 0) is 44.4 Å². The smallest absolute Gasteiger partial charge is 0.409 e. The predicted molar refractivity (Wildman–Crippen MR) is 123 cm³/mol. The fourth-order valence-electron chi connectivity index (χ4n) is 4.46. The Morgan fingerprint density at radius 2 is 1.91 bits per heavy atom. The number of carbonyl (C=O) groups is 3. The maximum atomic E-state index is 13.3. The molecule has 2 aliphatic heterocycles. The zero-order chi connectivity index (χ0) is 23.7. The molecule has 1 aromatic carbocycles. The standard InChI is InChI=1S/C23H26N4O6S/c1-2-31-23(30)27-10-8-26(9-11-27)21(29)15-4-3-5-18-19(15)24-22(34-18)25-20(28)14-6-7-16-17(12-14)33-13-32-16/h6-7,12,15H,2-5,8-11,13H2,1H3,(H,24,25,28)/t15-/m1/s1. The molecule has 3 amide bonds. The molecule has 2 aromatic rings. The average molecular weight is 487 g/mol. The van der Waals surface area contributed by atoms with E-state index in [9.17, 15) is 14.4 Å². The lowest BCUT2D eigenvalue weighted by molar-refractivity contribution is -0.134. The normalized spacial score (nSPS) is 18.9. The van der Waals surface area contributed by atoms with E-state index in [4.69, 9.17) is 14.2 Å². The van der Waals surface area contributed by atoms with E-state index in [0.29, 0.717) is 55.0 Å². The van der Waals surface area contributed by atoms with Gasteiger partial charge in [0.15, 0.2) is 16.6 Å². The van der Waals surface area contributed by atoms with Crippen molar-refractivity contribution >= 4 is 34.4 Å². The summed E-state index contributed by atoms with van der Waals surface area (Å²) in [5.74, 6) is 0.571. The first-order chi connectivity index (χ1) is 16.5. The number of aryl methyl sites for hydroxylation is 1. The van der Waals surface area contributed by atoms with Gasteiger partial charge in [0.1, 0.15) is 0 Å².